The summed E-state index contributed by atoms with van der Waals surface area (Å²) in [5, 5.41) is 7.85. The van der Waals surface area contributed by atoms with Crippen molar-refractivity contribution in [2.75, 3.05) is 5.32 Å². The number of nitrogens with zero attached hydrogens (tertiary/aromatic N) is 3. The molecule has 1 aliphatic carbocycles. The lowest BCUT2D eigenvalue weighted by atomic mass is 10.1. The predicted molar refractivity (Wildman–Crippen MR) is 104 cm³/mol. The van der Waals surface area contributed by atoms with Gasteiger partial charge in [0.15, 0.2) is 0 Å². The summed E-state index contributed by atoms with van der Waals surface area (Å²) in [6.07, 6.45) is 2.42. The molecule has 0 spiro atoms. The maximum Gasteiger partial charge on any atom is 0.248 e. The number of rotatable bonds is 5. The highest BCUT2D eigenvalue weighted by atomic mass is 79.9. The van der Waals surface area contributed by atoms with Gasteiger partial charge in [0.25, 0.3) is 0 Å². The average Bonchev–Trinajstić information content (AvgIpc) is 3.31. The van der Waals surface area contributed by atoms with E-state index in [9.17, 15) is 4.79 Å². The van der Waals surface area contributed by atoms with Crippen LogP contribution in [0.25, 0.3) is 0 Å². The lowest BCUT2D eigenvalue weighted by Gasteiger charge is -2.03. The van der Waals surface area contributed by atoms with Gasteiger partial charge in [0.05, 0.1) is 6.54 Å². The van der Waals surface area contributed by atoms with Crippen molar-refractivity contribution in [3.05, 3.63) is 75.5 Å². The summed E-state index contributed by atoms with van der Waals surface area (Å²) in [5.41, 5.74) is 2.14. The molecule has 0 bridgehead atoms. The minimum atomic E-state index is -0.0756. The normalized spacial score (nSPS) is 18.5. The van der Waals surface area contributed by atoms with Gasteiger partial charge in [-0.3, -0.25) is 10.1 Å². The molecule has 2 aromatic carbocycles. The highest BCUT2D eigenvalue weighted by molar-refractivity contribution is 9.10. The standard InChI is InChI=1S/C19H16BrClN4O/c20-13-7-5-12(6-8-13)10-25-11-22-19(24-25)23-18(26)16-9-15(16)14-3-1-2-4-17(14)21/h1-8,11,15-16H,9-10H2,(H,23,24,26). The molecule has 0 aliphatic heterocycles. The third-order valence-corrected chi connectivity index (χ3v) is 5.33. The van der Waals surface area contributed by atoms with Crippen molar-refractivity contribution < 1.29 is 4.79 Å². The second kappa shape index (κ2) is 7.21. The van der Waals surface area contributed by atoms with Gasteiger partial charge in [-0.2, -0.15) is 0 Å². The zero-order valence-electron chi connectivity index (χ0n) is 13.8. The average molecular weight is 432 g/mol. The fourth-order valence-electron chi connectivity index (χ4n) is 3.01. The van der Waals surface area contributed by atoms with E-state index in [2.05, 4.69) is 31.3 Å². The second-order valence-electron chi connectivity index (χ2n) is 6.35. The Morgan fingerprint density at radius 1 is 1.23 bits per heavy atom. The van der Waals surface area contributed by atoms with Crippen LogP contribution in [0, 0.1) is 5.92 Å². The van der Waals surface area contributed by atoms with Gasteiger partial charge in [-0.05, 0) is 41.7 Å². The Morgan fingerprint density at radius 3 is 2.77 bits per heavy atom. The summed E-state index contributed by atoms with van der Waals surface area (Å²) in [4.78, 5) is 16.6. The molecule has 0 radical (unpaired) electrons. The largest absolute Gasteiger partial charge is 0.293 e. The van der Waals surface area contributed by atoms with Gasteiger partial charge < -0.3 is 0 Å². The van der Waals surface area contributed by atoms with Crippen LogP contribution in [0.5, 0.6) is 0 Å². The van der Waals surface area contributed by atoms with E-state index in [0.717, 1.165) is 22.0 Å². The zero-order chi connectivity index (χ0) is 18.1. The Balaban J connectivity index is 1.36. The van der Waals surface area contributed by atoms with E-state index in [1.807, 2.05) is 48.5 Å². The molecule has 3 aromatic rings. The van der Waals surface area contributed by atoms with Crippen molar-refractivity contribution in [1.29, 1.82) is 0 Å². The van der Waals surface area contributed by atoms with Crippen molar-refractivity contribution in [1.82, 2.24) is 14.8 Å². The smallest absolute Gasteiger partial charge is 0.248 e. The Hall–Kier alpha value is -2.18. The summed E-state index contributed by atoms with van der Waals surface area (Å²) in [6, 6.07) is 15.7. The molecule has 7 heteroatoms. The molecular formula is C19H16BrClN4O. The highest BCUT2D eigenvalue weighted by Gasteiger charge is 2.45. The van der Waals surface area contributed by atoms with Crippen LogP contribution in [-0.2, 0) is 11.3 Å². The molecule has 2 atom stereocenters. The lowest BCUT2D eigenvalue weighted by Crippen LogP contribution is -2.16. The van der Waals surface area contributed by atoms with Gasteiger partial charge in [0.1, 0.15) is 6.33 Å². The van der Waals surface area contributed by atoms with Crippen LogP contribution in [-0.4, -0.2) is 20.7 Å². The van der Waals surface area contributed by atoms with Crippen molar-refractivity contribution in [2.24, 2.45) is 5.92 Å². The van der Waals surface area contributed by atoms with Crippen molar-refractivity contribution >= 4 is 39.4 Å². The third kappa shape index (κ3) is 3.81. The topological polar surface area (TPSA) is 59.8 Å². The molecule has 2 unspecified atom stereocenters. The van der Waals surface area contributed by atoms with Crippen LogP contribution in [0.15, 0.2) is 59.3 Å². The highest BCUT2D eigenvalue weighted by Crippen LogP contribution is 2.49. The third-order valence-electron chi connectivity index (χ3n) is 4.46. The molecule has 1 N–H and O–H groups in total. The van der Waals surface area contributed by atoms with Crippen LogP contribution in [0.1, 0.15) is 23.5 Å². The number of carbonyl (C=O) groups is 1. The SMILES string of the molecule is O=C(Nc1ncn(Cc2ccc(Br)cc2)n1)C1CC1c1ccccc1Cl. The van der Waals surface area contributed by atoms with Crippen molar-refractivity contribution in [3.63, 3.8) is 0 Å². The first-order valence-corrected chi connectivity index (χ1v) is 9.46. The second-order valence-corrected chi connectivity index (χ2v) is 7.67. The van der Waals surface area contributed by atoms with Crippen LogP contribution in [0.3, 0.4) is 0 Å². The molecule has 1 amide bonds. The van der Waals surface area contributed by atoms with E-state index >= 15 is 0 Å². The zero-order valence-corrected chi connectivity index (χ0v) is 16.1. The number of hydrogen-bond donors (Lipinski definition) is 1. The maximum absolute atomic E-state index is 12.4. The molecule has 4 rings (SSSR count). The van der Waals surface area contributed by atoms with E-state index in [4.69, 9.17) is 11.6 Å². The van der Waals surface area contributed by atoms with Crippen LogP contribution in [0.2, 0.25) is 5.02 Å². The van der Waals surface area contributed by atoms with Crippen molar-refractivity contribution in [2.45, 2.75) is 18.9 Å². The van der Waals surface area contributed by atoms with E-state index in [1.165, 1.54) is 0 Å². The number of carbonyl (C=O) groups excluding carboxylic acids is 1. The van der Waals surface area contributed by atoms with E-state index in [-0.39, 0.29) is 17.7 Å². The molecule has 0 saturated heterocycles. The van der Waals surface area contributed by atoms with Gasteiger partial charge in [0.2, 0.25) is 11.9 Å². The number of amides is 1. The quantitative estimate of drug-likeness (QED) is 0.648. The van der Waals surface area contributed by atoms with Gasteiger partial charge in [-0.25, -0.2) is 9.67 Å². The molecular weight excluding hydrogens is 416 g/mol. The monoisotopic (exact) mass is 430 g/mol. The fourth-order valence-corrected chi connectivity index (χ4v) is 3.55. The number of nitrogens with one attached hydrogen (secondary N) is 1. The molecule has 1 aliphatic rings. The van der Waals surface area contributed by atoms with Gasteiger partial charge in [0, 0.05) is 15.4 Å². The summed E-state index contributed by atoms with van der Waals surface area (Å²) < 4.78 is 2.74. The van der Waals surface area contributed by atoms with Crippen molar-refractivity contribution in [3.8, 4) is 0 Å². The fraction of sp³-hybridized carbons (Fsp3) is 0.211. The Morgan fingerprint density at radius 2 is 2.00 bits per heavy atom. The van der Waals surface area contributed by atoms with Gasteiger partial charge in [-0.1, -0.05) is 57.9 Å². The minimum absolute atomic E-state index is 0.0590. The first-order valence-electron chi connectivity index (χ1n) is 8.29. The number of aromatic nitrogens is 3. The first-order chi connectivity index (χ1) is 12.6. The van der Waals surface area contributed by atoms with Gasteiger partial charge >= 0.3 is 0 Å². The predicted octanol–water partition coefficient (Wildman–Crippen LogP) is 4.48. The van der Waals surface area contributed by atoms with E-state index in [1.54, 1.807) is 11.0 Å². The Bertz CT molecular complexity index is 941. The van der Waals surface area contributed by atoms with Gasteiger partial charge in [-0.15, -0.1) is 5.10 Å². The minimum Gasteiger partial charge on any atom is -0.293 e. The van der Waals surface area contributed by atoms with Crippen LogP contribution in [0.4, 0.5) is 5.95 Å². The van der Waals surface area contributed by atoms with E-state index < -0.39 is 0 Å². The number of anilines is 1. The number of benzene rings is 2. The Labute approximate surface area is 164 Å². The first kappa shape index (κ1) is 17.2. The summed E-state index contributed by atoms with van der Waals surface area (Å²) >= 11 is 9.63. The summed E-state index contributed by atoms with van der Waals surface area (Å²) in [6.45, 7) is 0.599. The summed E-state index contributed by atoms with van der Waals surface area (Å²) in [7, 11) is 0. The van der Waals surface area contributed by atoms with E-state index in [0.29, 0.717) is 17.5 Å². The molecule has 1 fully saturated rings. The van der Waals surface area contributed by atoms with Crippen LogP contribution < -0.4 is 5.32 Å². The summed E-state index contributed by atoms with van der Waals surface area (Å²) in [5.74, 6) is 0.370. The number of halogens is 2. The molecule has 1 saturated carbocycles. The maximum atomic E-state index is 12.4. The Kier molecular flexibility index (Phi) is 4.78. The molecule has 5 nitrogen and oxygen atoms in total. The molecule has 132 valence electrons. The van der Waals surface area contributed by atoms with Crippen LogP contribution >= 0.6 is 27.5 Å². The molecule has 1 heterocycles. The molecule has 1 aromatic heterocycles. The lowest BCUT2D eigenvalue weighted by molar-refractivity contribution is -0.117. The molecule has 26 heavy (non-hydrogen) atoms. The number of hydrogen-bond acceptors (Lipinski definition) is 3.